The normalized spacial score (nSPS) is 10.3. The van der Waals surface area contributed by atoms with Crippen LogP contribution in [0.15, 0.2) is 42.7 Å². The Labute approximate surface area is 135 Å². The lowest BCUT2D eigenvalue weighted by Crippen LogP contribution is -2.18. The number of hydrogen-bond acceptors (Lipinski definition) is 4. The zero-order valence-corrected chi connectivity index (χ0v) is 13.3. The van der Waals surface area contributed by atoms with Gasteiger partial charge in [0.05, 0.1) is 5.56 Å². The minimum Gasteiger partial charge on any atom is -0.478 e. The summed E-state index contributed by atoms with van der Waals surface area (Å²) in [6, 6.07) is 9.03. The molecule has 0 saturated heterocycles. The van der Waals surface area contributed by atoms with Gasteiger partial charge in [0.1, 0.15) is 5.78 Å². The molecule has 0 aliphatic rings. The molecular weight excluding hydrogens is 292 g/mol. The minimum atomic E-state index is -1.01. The van der Waals surface area contributed by atoms with E-state index < -0.39 is 5.97 Å². The number of hydrogen-bond donors (Lipinski definition) is 1. The quantitative estimate of drug-likeness (QED) is 0.851. The van der Waals surface area contributed by atoms with Crippen LogP contribution in [-0.2, 0) is 17.8 Å². The summed E-state index contributed by atoms with van der Waals surface area (Å²) in [5.41, 5.74) is 2.57. The van der Waals surface area contributed by atoms with Gasteiger partial charge in [0.15, 0.2) is 0 Å². The summed E-state index contributed by atoms with van der Waals surface area (Å²) in [5.74, 6) is -0.982. The van der Waals surface area contributed by atoms with Crippen LogP contribution in [0.2, 0.25) is 0 Å². The van der Waals surface area contributed by atoms with Crippen molar-refractivity contribution in [3.8, 4) is 0 Å². The van der Waals surface area contributed by atoms with Gasteiger partial charge in [-0.1, -0.05) is 19.1 Å². The molecule has 1 heterocycles. The molecule has 0 amide bonds. The highest BCUT2D eigenvalue weighted by molar-refractivity contribution is 5.93. The van der Waals surface area contributed by atoms with E-state index in [2.05, 4.69) is 4.98 Å². The molecule has 0 unspecified atom stereocenters. The average Bonchev–Trinajstić information content (AvgIpc) is 2.55. The number of carboxylic acids is 1. The fourth-order valence-corrected chi connectivity index (χ4v) is 2.35. The van der Waals surface area contributed by atoms with Gasteiger partial charge in [0.25, 0.3) is 0 Å². The van der Waals surface area contributed by atoms with E-state index in [0.29, 0.717) is 18.5 Å². The van der Waals surface area contributed by atoms with Crippen LogP contribution in [-0.4, -0.2) is 28.9 Å². The Balaban J connectivity index is 2.24. The van der Waals surface area contributed by atoms with E-state index in [4.69, 9.17) is 0 Å². The fourth-order valence-electron chi connectivity index (χ4n) is 2.35. The molecule has 0 spiro atoms. The van der Waals surface area contributed by atoms with Gasteiger partial charge in [-0.3, -0.25) is 9.78 Å². The van der Waals surface area contributed by atoms with Gasteiger partial charge in [-0.15, -0.1) is 0 Å². The number of ketones is 1. The molecule has 5 heteroatoms. The van der Waals surface area contributed by atoms with Crippen LogP contribution >= 0.6 is 0 Å². The highest BCUT2D eigenvalue weighted by Gasteiger charge is 2.15. The van der Waals surface area contributed by atoms with Crippen LogP contribution in [0.1, 0.15) is 34.8 Å². The number of rotatable bonds is 7. The van der Waals surface area contributed by atoms with E-state index >= 15 is 0 Å². The Kier molecular flexibility index (Phi) is 5.46. The third-order valence-electron chi connectivity index (χ3n) is 3.69. The molecule has 0 radical (unpaired) electrons. The summed E-state index contributed by atoms with van der Waals surface area (Å²) in [6.07, 6.45) is 4.06. The van der Waals surface area contributed by atoms with E-state index in [1.54, 1.807) is 31.5 Å². The molecule has 0 aliphatic heterocycles. The summed E-state index contributed by atoms with van der Waals surface area (Å²) in [7, 11) is 1.89. The van der Waals surface area contributed by atoms with Gasteiger partial charge < -0.3 is 10.0 Å². The number of nitrogens with zero attached hydrogens (tertiary/aromatic N) is 2. The van der Waals surface area contributed by atoms with Crippen LogP contribution in [0.3, 0.4) is 0 Å². The maximum atomic E-state index is 11.6. The minimum absolute atomic E-state index is 0.0314. The Morgan fingerprint density at radius 1 is 1.26 bits per heavy atom. The molecular formula is C18H20N2O3. The molecule has 0 aliphatic carbocycles. The van der Waals surface area contributed by atoms with Gasteiger partial charge in [-0.2, -0.15) is 0 Å². The van der Waals surface area contributed by atoms with Crippen LogP contribution in [0, 0.1) is 0 Å². The second-order valence-corrected chi connectivity index (χ2v) is 5.43. The van der Waals surface area contributed by atoms with Gasteiger partial charge in [-0.25, -0.2) is 4.79 Å². The van der Waals surface area contributed by atoms with E-state index in [-0.39, 0.29) is 17.8 Å². The van der Waals surface area contributed by atoms with Crippen molar-refractivity contribution in [2.75, 3.05) is 11.9 Å². The van der Waals surface area contributed by atoms with Crippen LogP contribution in [0.5, 0.6) is 0 Å². The molecule has 23 heavy (non-hydrogen) atoms. The number of pyridine rings is 1. The number of aromatic carboxylic acids is 1. The molecule has 2 aromatic rings. The maximum Gasteiger partial charge on any atom is 0.336 e. The molecule has 5 nitrogen and oxygen atoms in total. The lowest BCUT2D eigenvalue weighted by molar-refractivity contribution is -0.118. The summed E-state index contributed by atoms with van der Waals surface area (Å²) in [6.45, 7) is 2.40. The number of benzene rings is 1. The Bertz CT molecular complexity index is 699. The average molecular weight is 312 g/mol. The first-order valence-corrected chi connectivity index (χ1v) is 7.49. The van der Waals surface area contributed by atoms with Crippen molar-refractivity contribution in [3.63, 3.8) is 0 Å². The lowest BCUT2D eigenvalue weighted by atomic mass is 10.00. The zero-order valence-electron chi connectivity index (χ0n) is 13.3. The Morgan fingerprint density at radius 2 is 2.04 bits per heavy atom. The van der Waals surface area contributed by atoms with Gasteiger partial charge in [-0.05, 0) is 29.3 Å². The zero-order chi connectivity index (χ0) is 16.8. The van der Waals surface area contributed by atoms with E-state index in [9.17, 15) is 14.7 Å². The SMILES string of the molecule is CCC(=O)Cc1ccc(N(C)Cc2cccnc2)cc1C(=O)O. The summed E-state index contributed by atoms with van der Waals surface area (Å²) in [4.78, 5) is 29.1. The molecule has 0 atom stereocenters. The number of carbonyl (C=O) groups excluding carboxylic acids is 1. The van der Waals surface area contributed by atoms with Crippen molar-refractivity contribution in [1.29, 1.82) is 0 Å². The van der Waals surface area contributed by atoms with Crippen molar-refractivity contribution in [1.82, 2.24) is 4.98 Å². The van der Waals surface area contributed by atoms with Crippen molar-refractivity contribution in [2.45, 2.75) is 26.3 Å². The summed E-state index contributed by atoms with van der Waals surface area (Å²) >= 11 is 0. The van der Waals surface area contributed by atoms with Crippen molar-refractivity contribution in [2.24, 2.45) is 0 Å². The highest BCUT2D eigenvalue weighted by Crippen LogP contribution is 2.21. The van der Waals surface area contributed by atoms with Crippen LogP contribution in [0.4, 0.5) is 5.69 Å². The third-order valence-corrected chi connectivity index (χ3v) is 3.69. The number of anilines is 1. The topological polar surface area (TPSA) is 70.5 Å². The molecule has 1 aromatic heterocycles. The number of aromatic nitrogens is 1. The molecule has 0 fully saturated rings. The smallest absolute Gasteiger partial charge is 0.336 e. The summed E-state index contributed by atoms with van der Waals surface area (Å²) < 4.78 is 0. The Morgan fingerprint density at radius 3 is 2.65 bits per heavy atom. The van der Waals surface area contributed by atoms with Gasteiger partial charge in [0, 0.05) is 44.5 Å². The first-order chi connectivity index (χ1) is 11.0. The molecule has 0 saturated carbocycles. The first-order valence-electron chi connectivity index (χ1n) is 7.49. The van der Waals surface area contributed by atoms with Crippen molar-refractivity contribution in [3.05, 3.63) is 59.4 Å². The van der Waals surface area contributed by atoms with E-state index in [0.717, 1.165) is 11.3 Å². The van der Waals surface area contributed by atoms with Gasteiger partial charge >= 0.3 is 5.97 Å². The maximum absolute atomic E-state index is 11.6. The second-order valence-electron chi connectivity index (χ2n) is 5.43. The number of carboxylic acid groups (broad SMARTS) is 1. The third kappa shape index (κ3) is 4.39. The lowest BCUT2D eigenvalue weighted by Gasteiger charge is -2.20. The predicted molar refractivity (Wildman–Crippen MR) is 88.7 cm³/mol. The fraction of sp³-hybridized carbons (Fsp3) is 0.278. The highest BCUT2D eigenvalue weighted by atomic mass is 16.4. The molecule has 1 aromatic carbocycles. The standard InChI is InChI=1S/C18H20N2O3/c1-3-16(21)9-14-6-7-15(10-17(14)18(22)23)20(2)12-13-5-4-8-19-11-13/h4-8,10-11H,3,9,12H2,1-2H3,(H,22,23). The molecule has 120 valence electrons. The monoisotopic (exact) mass is 312 g/mol. The van der Waals surface area contributed by atoms with Crippen molar-refractivity contribution < 1.29 is 14.7 Å². The Hall–Kier alpha value is -2.69. The predicted octanol–water partition coefficient (Wildman–Crippen LogP) is 2.94. The van der Waals surface area contributed by atoms with E-state index in [1.165, 1.54) is 0 Å². The van der Waals surface area contributed by atoms with Crippen LogP contribution < -0.4 is 4.90 Å². The van der Waals surface area contributed by atoms with Crippen LogP contribution in [0.25, 0.3) is 0 Å². The molecule has 1 N–H and O–H groups in total. The second kappa shape index (κ2) is 7.54. The van der Waals surface area contributed by atoms with Gasteiger partial charge in [0.2, 0.25) is 0 Å². The largest absolute Gasteiger partial charge is 0.478 e. The van der Waals surface area contributed by atoms with E-state index in [1.807, 2.05) is 30.1 Å². The first kappa shape index (κ1) is 16.7. The summed E-state index contributed by atoms with van der Waals surface area (Å²) in [5, 5.41) is 9.41. The van der Waals surface area contributed by atoms with Crippen molar-refractivity contribution >= 4 is 17.4 Å². The number of Topliss-reactive ketones (excluding diaryl/α,β-unsaturated/α-hetero) is 1. The molecule has 0 bridgehead atoms. The number of carbonyl (C=O) groups is 2. The molecule has 2 rings (SSSR count).